The van der Waals surface area contributed by atoms with Crippen LogP contribution in [0, 0.1) is 0 Å². The van der Waals surface area contributed by atoms with Crippen LogP contribution in [0.4, 0.5) is 0 Å². The Morgan fingerprint density at radius 3 is 2.63 bits per heavy atom. The molecule has 166 valence electrons. The van der Waals surface area contributed by atoms with E-state index in [2.05, 4.69) is 54.1 Å². The van der Waals surface area contributed by atoms with Crippen molar-refractivity contribution in [3.63, 3.8) is 0 Å². The number of benzene rings is 1. The number of hydrogen-bond donors (Lipinski definition) is 1. The minimum absolute atomic E-state index is 0.0618. The molecule has 2 fully saturated rings. The van der Waals surface area contributed by atoms with Gasteiger partial charge in [0.25, 0.3) is 0 Å². The summed E-state index contributed by atoms with van der Waals surface area (Å²) in [6, 6.07) is 7.33. The Balaban J connectivity index is 1.29. The summed E-state index contributed by atoms with van der Waals surface area (Å²) in [6.07, 6.45) is 7.94. The lowest BCUT2D eigenvalue weighted by molar-refractivity contribution is -0.123. The van der Waals surface area contributed by atoms with E-state index in [1.54, 1.807) is 0 Å². The fourth-order valence-electron chi connectivity index (χ4n) is 5.62. The summed E-state index contributed by atoms with van der Waals surface area (Å²) in [7, 11) is 0. The van der Waals surface area contributed by atoms with E-state index in [0.29, 0.717) is 24.8 Å². The van der Waals surface area contributed by atoms with E-state index in [1.807, 2.05) is 0 Å². The van der Waals surface area contributed by atoms with Gasteiger partial charge in [-0.1, -0.05) is 18.2 Å². The Kier molecular flexibility index (Phi) is 7.12. The highest BCUT2D eigenvalue weighted by Crippen LogP contribution is 2.25. The molecule has 0 aromatic heterocycles. The van der Waals surface area contributed by atoms with Gasteiger partial charge in [0.1, 0.15) is 0 Å². The number of carbonyl (C=O) groups excluding carboxylic acids is 1. The van der Waals surface area contributed by atoms with E-state index < -0.39 is 0 Å². The zero-order chi connectivity index (χ0) is 21.1. The van der Waals surface area contributed by atoms with Crippen LogP contribution >= 0.6 is 0 Å². The Morgan fingerprint density at radius 2 is 1.87 bits per heavy atom. The van der Waals surface area contributed by atoms with Crippen LogP contribution in [0.25, 0.3) is 0 Å². The fourth-order valence-corrected chi connectivity index (χ4v) is 5.62. The van der Waals surface area contributed by atoms with Gasteiger partial charge in [0, 0.05) is 25.7 Å². The maximum Gasteiger partial charge on any atom is 0.234 e. The number of amides is 1. The first-order valence-electron chi connectivity index (χ1n) is 12.0. The number of hydrogen-bond acceptors (Lipinski definition) is 4. The summed E-state index contributed by atoms with van der Waals surface area (Å²) in [4.78, 5) is 17.7. The lowest BCUT2D eigenvalue weighted by atomic mass is 9.89. The molecule has 4 atom stereocenters. The van der Waals surface area contributed by atoms with E-state index in [-0.39, 0.29) is 11.9 Å². The van der Waals surface area contributed by atoms with Gasteiger partial charge in [0.2, 0.25) is 5.91 Å². The summed E-state index contributed by atoms with van der Waals surface area (Å²) in [5.74, 6) is 0.149. The van der Waals surface area contributed by atoms with Crippen molar-refractivity contribution < 1.29 is 9.53 Å². The predicted octanol–water partition coefficient (Wildman–Crippen LogP) is 3.32. The molecule has 3 aliphatic rings. The van der Waals surface area contributed by atoms with Crippen LogP contribution in [0.1, 0.15) is 69.2 Å². The molecule has 5 heteroatoms. The fraction of sp³-hybridized carbons (Fsp3) is 0.720. The zero-order valence-corrected chi connectivity index (χ0v) is 19.0. The van der Waals surface area contributed by atoms with Gasteiger partial charge < -0.3 is 10.1 Å². The topological polar surface area (TPSA) is 44.8 Å². The predicted molar refractivity (Wildman–Crippen MR) is 121 cm³/mol. The first-order valence-corrected chi connectivity index (χ1v) is 12.0. The number of carbonyl (C=O) groups is 1. The molecule has 1 aliphatic carbocycles. The minimum Gasteiger partial charge on any atom is -0.373 e. The summed E-state index contributed by atoms with van der Waals surface area (Å²) in [5.41, 5.74) is 4.21. The van der Waals surface area contributed by atoms with Crippen molar-refractivity contribution >= 4 is 5.91 Å². The molecular formula is C25H39N3O2. The molecule has 1 aromatic carbocycles. The third-order valence-electron chi connectivity index (χ3n) is 7.06. The van der Waals surface area contributed by atoms with Gasteiger partial charge in [-0.15, -0.1) is 0 Å². The molecule has 0 spiro atoms. The number of nitrogens with zero attached hydrogens (tertiary/aromatic N) is 2. The van der Waals surface area contributed by atoms with E-state index in [0.717, 1.165) is 26.2 Å². The molecule has 4 rings (SSSR count). The van der Waals surface area contributed by atoms with Crippen LogP contribution in [0.2, 0.25) is 0 Å². The van der Waals surface area contributed by atoms with Crippen LogP contribution in [0.5, 0.6) is 0 Å². The van der Waals surface area contributed by atoms with Crippen molar-refractivity contribution in [3.8, 4) is 0 Å². The van der Waals surface area contributed by atoms with Crippen LogP contribution in [0.3, 0.4) is 0 Å². The highest BCUT2D eigenvalue weighted by molar-refractivity contribution is 5.78. The molecule has 1 N–H and O–H groups in total. The summed E-state index contributed by atoms with van der Waals surface area (Å²) in [6.45, 7) is 11.0. The molecule has 0 bridgehead atoms. The van der Waals surface area contributed by atoms with Crippen molar-refractivity contribution in [2.75, 3.05) is 32.7 Å². The summed E-state index contributed by atoms with van der Waals surface area (Å²) in [5, 5.41) is 3.25. The van der Waals surface area contributed by atoms with Crippen LogP contribution in [0.15, 0.2) is 18.2 Å². The highest BCUT2D eigenvalue weighted by atomic mass is 16.5. The molecule has 2 aliphatic heterocycles. The van der Waals surface area contributed by atoms with Crippen LogP contribution < -0.4 is 5.32 Å². The highest BCUT2D eigenvalue weighted by Gasteiger charge is 2.31. The van der Waals surface area contributed by atoms with Gasteiger partial charge >= 0.3 is 0 Å². The van der Waals surface area contributed by atoms with Gasteiger partial charge in [-0.2, -0.15) is 0 Å². The van der Waals surface area contributed by atoms with Gasteiger partial charge in [-0.3, -0.25) is 14.6 Å². The third kappa shape index (κ3) is 5.43. The van der Waals surface area contributed by atoms with Crippen molar-refractivity contribution in [2.45, 2.75) is 83.6 Å². The van der Waals surface area contributed by atoms with Crippen molar-refractivity contribution in [2.24, 2.45) is 0 Å². The van der Waals surface area contributed by atoms with Crippen LogP contribution in [-0.4, -0.2) is 66.7 Å². The molecule has 2 saturated heterocycles. The lowest BCUT2D eigenvalue weighted by Gasteiger charge is -2.38. The van der Waals surface area contributed by atoms with E-state index in [4.69, 9.17) is 4.74 Å². The molecule has 1 aromatic rings. The second kappa shape index (κ2) is 9.80. The summed E-state index contributed by atoms with van der Waals surface area (Å²) >= 11 is 0. The SMILES string of the molecule is C[C@@H]1CN(C[C@@H]2CCCN2CC(=O)N[C@H](C)c2ccc3c(c2)CCCC3)C[C@@H](C)O1. The van der Waals surface area contributed by atoms with E-state index >= 15 is 0 Å². The van der Waals surface area contributed by atoms with E-state index in [9.17, 15) is 4.79 Å². The number of ether oxygens (including phenoxy) is 1. The van der Waals surface area contributed by atoms with E-state index in [1.165, 1.54) is 55.2 Å². The summed E-state index contributed by atoms with van der Waals surface area (Å²) < 4.78 is 5.87. The Bertz CT molecular complexity index is 727. The monoisotopic (exact) mass is 413 g/mol. The quantitative estimate of drug-likeness (QED) is 0.777. The molecule has 0 unspecified atom stereocenters. The first kappa shape index (κ1) is 21.8. The number of morpholine rings is 1. The Morgan fingerprint density at radius 1 is 1.13 bits per heavy atom. The Labute approximate surface area is 182 Å². The Hall–Kier alpha value is -1.43. The van der Waals surface area contributed by atoms with Gasteiger partial charge in [-0.25, -0.2) is 0 Å². The third-order valence-corrected chi connectivity index (χ3v) is 7.06. The van der Waals surface area contributed by atoms with Gasteiger partial charge in [0.05, 0.1) is 24.8 Å². The molecular weight excluding hydrogens is 374 g/mol. The van der Waals surface area contributed by atoms with Gasteiger partial charge in [-0.05, 0) is 82.5 Å². The number of rotatable bonds is 6. The van der Waals surface area contributed by atoms with Crippen molar-refractivity contribution in [1.82, 2.24) is 15.1 Å². The molecule has 30 heavy (non-hydrogen) atoms. The minimum atomic E-state index is 0.0618. The average Bonchev–Trinajstić information content (AvgIpc) is 3.13. The number of nitrogens with one attached hydrogen (secondary N) is 1. The normalized spacial score (nSPS) is 28.8. The molecule has 1 amide bonds. The maximum atomic E-state index is 12.8. The smallest absolute Gasteiger partial charge is 0.234 e. The van der Waals surface area contributed by atoms with Gasteiger partial charge in [0.15, 0.2) is 0 Å². The van der Waals surface area contributed by atoms with Crippen LogP contribution in [-0.2, 0) is 22.4 Å². The lowest BCUT2D eigenvalue weighted by Crippen LogP contribution is -2.51. The zero-order valence-electron chi connectivity index (χ0n) is 19.0. The second-order valence-corrected chi connectivity index (χ2v) is 9.77. The molecule has 2 heterocycles. The molecule has 0 saturated carbocycles. The largest absolute Gasteiger partial charge is 0.373 e. The molecule has 0 radical (unpaired) electrons. The van der Waals surface area contributed by atoms with Crippen molar-refractivity contribution in [1.29, 1.82) is 0 Å². The number of aryl methyl sites for hydroxylation is 2. The standard InChI is InChI=1S/C25H39N3O2/c1-18-14-27(15-19(2)30-18)16-24-9-6-12-28(24)17-25(29)26-20(3)22-11-10-21-7-4-5-8-23(21)13-22/h10-11,13,18-20,24H,4-9,12,14-17H2,1-3H3,(H,26,29)/t18-,19-,20-,24+/m1/s1. The first-order chi connectivity index (χ1) is 14.5. The number of fused-ring (bicyclic) bond motifs is 1. The number of likely N-dealkylation sites (tertiary alicyclic amines) is 1. The average molecular weight is 414 g/mol. The second-order valence-electron chi connectivity index (χ2n) is 9.77. The molecule has 5 nitrogen and oxygen atoms in total. The van der Waals surface area contributed by atoms with Crippen molar-refractivity contribution in [3.05, 3.63) is 34.9 Å². The maximum absolute atomic E-state index is 12.8.